The van der Waals surface area contributed by atoms with Crippen molar-refractivity contribution in [1.29, 1.82) is 0 Å². The lowest BCUT2D eigenvalue weighted by Crippen LogP contribution is -2.24. The van der Waals surface area contributed by atoms with E-state index in [0.29, 0.717) is 12.3 Å². The molecule has 0 unspecified atom stereocenters. The molecule has 0 saturated heterocycles. The Morgan fingerprint density at radius 2 is 1.88 bits per heavy atom. The third-order valence-electron chi connectivity index (χ3n) is 3.66. The second kappa shape index (κ2) is 9.87. The molecule has 0 radical (unpaired) electrons. The van der Waals surface area contributed by atoms with Gasteiger partial charge in [-0.25, -0.2) is 0 Å². The molecular formula is C19H23BrN2OS. The van der Waals surface area contributed by atoms with Crippen LogP contribution in [0.2, 0.25) is 0 Å². The molecular weight excluding hydrogens is 384 g/mol. The summed E-state index contributed by atoms with van der Waals surface area (Å²) < 4.78 is 1.05. The highest BCUT2D eigenvalue weighted by atomic mass is 79.9. The molecule has 0 fully saturated rings. The van der Waals surface area contributed by atoms with Crippen LogP contribution in [0.25, 0.3) is 0 Å². The van der Waals surface area contributed by atoms with Gasteiger partial charge in [-0.1, -0.05) is 47.1 Å². The number of nitrogens with one attached hydrogen (secondary N) is 1. The van der Waals surface area contributed by atoms with E-state index in [-0.39, 0.29) is 5.91 Å². The maximum absolute atomic E-state index is 12.0. The Bertz CT molecular complexity index is 661. The highest BCUT2D eigenvalue weighted by Gasteiger charge is 2.04. The molecule has 24 heavy (non-hydrogen) atoms. The largest absolute Gasteiger partial charge is 0.351 e. The van der Waals surface area contributed by atoms with E-state index in [4.69, 9.17) is 0 Å². The molecule has 0 aromatic heterocycles. The quantitative estimate of drug-likeness (QED) is 0.662. The molecule has 0 spiro atoms. The van der Waals surface area contributed by atoms with E-state index < -0.39 is 0 Å². The van der Waals surface area contributed by atoms with Gasteiger partial charge in [0.2, 0.25) is 5.91 Å². The van der Waals surface area contributed by atoms with Gasteiger partial charge in [0, 0.05) is 22.5 Å². The molecule has 2 rings (SSSR count). The highest BCUT2D eigenvalue weighted by molar-refractivity contribution is 9.10. The van der Waals surface area contributed by atoms with Crippen molar-refractivity contribution >= 4 is 33.6 Å². The van der Waals surface area contributed by atoms with Crippen LogP contribution < -0.4 is 5.32 Å². The number of benzene rings is 2. The van der Waals surface area contributed by atoms with Gasteiger partial charge in [-0.2, -0.15) is 0 Å². The van der Waals surface area contributed by atoms with Crippen LogP contribution in [0.15, 0.2) is 57.9 Å². The highest BCUT2D eigenvalue weighted by Crippen LogP contribution is 2.20. The predicted molar refractivity (Wildman–Crippen MR) is 105 cm³/mol. The number of halogens is 1. The first-order valence-corrected chi connectivity index (χ1v) is 9.76. The fourth-order valence-electron chi connectivity index (χ4n) is 2.19. The molecule has 0 saturated carbocycles. The van der Waals surface area contributed by atoms with E-state index in [1.807, 2.05) is 24.3 Å². The van der Waals surface area contributed by atoms with Crippen molar-refractivity contribution in [2.75, 3.05) is 19.3 Å². The Kier molecular flexibility index (Phi) is 7.82. The number of hydrogen-bond donors (Lipinski definition) is 1. The minimum atomic E-state index is 0.0546. The molecule has 2 aromatic rings. The fraction of sp³-hybridized carbons (Fsp3) is 0.316. The summed E-state index contributed by atoms with van der Waals surface area (Å²) in [6.07, 6.45) is 0. The third-order valence-corrected chi connectivity index (χ3v) is 5.20. The van der Waals surface area contributed by atoms with Gasteiger partial charge >= 0.3 is 0 Å². The standard InChI is InChI=1S/C19H23BrN2OS/c1-3-22(2)13-16-6-4-5-15(11-16)12-21-19(23)14-24-18-9-7-17(20)8-10-18/h4-11H,3,12-14H2,1-2H3,(H,21,23). The number of hydrogen-bond acceptors (Lipinski definition) is 3. The maximum Gasteiger partial charge on any atom is 0.230 e. The molecule has 1 N–H and O–H groups in total. The first kappa shape index (κ1) is 19.0. The summed E-state index contributed by atoms with van der Waals surface area (Å²) in [5.41, 5.74) is 2.41. The van der Waals surface area contributed by atoms with Crippen LogP contribution in [0.1, 0.15) is 18.1 Å². The zero-order valence-corrected chi connectivity index (χ0v) is 16.5. The van der Waals surface area contributed by atoms with Gasteiger partial charge in [-0.05, 0) is 49.0 Å². The second-order valence-electron chi connectivity index (χ2n) is 5.67. The molecule has 5 heteroatoms. The van der Waals surface area contributed by atoms with E-state index >= 15 is 0 Å². The van der Waals surface area contributed by atoms with E-state index in [1.54, 1.807) is 11.8 Å². The van der Waals surface area contributed by atoms with Gasteiger partial charge in [-0.15, -0.1) is 11.8 Å². The lowest BCUT2D eigenvalue weighted by atomic mass is 10.1. The van der Waals surface area contributed by atoms with Crippen LogP contribution in [0, 0.1) is 0 Å². The summed E-state index contributed by atoms with van der Waals surface area (Å²) in [6.45, 7) is 4.67. The Hall–Kier alpha value is -1.30. The zero-order chi connectivity index (χ0) is 17.4. The van der Waals surface area contributed by atoms with Gasteiger partial charge in [0.1, 0.15) is 0 Å². The Labute approximate surface area is 157 Å². The lowest BCUT2D eigenvalue weighted by Gasteiger charge is -2.14. The van der Waals surface area contributed by atoms with Crippen molar-refractivity contribution in [2.45, 2.75) is 24.9 Å². The summed E-state index contributed by atoms with van der Waals surface area (Å²) in [7, 11) is 2.10. The van der Waals surface area contributed by atoms with Crippen molar-refractivity contribution in [2.24, 2.45) is 0 Å². The normalized spacial score (nSPS) is 10.8. The average Bonchev–Trinajstić information content (AvgIpc) is 2.59. The number of amides is 1. The van der Waals surface area contributed by atoms with Gasteiger partial charge in [0.05, 0.1) is 5.75 Å². The van der Waals surface area contributed by atoms with Crippen LogP contribution in [0.3, 0.4) is 0 Å². The van der Waals surface area contributed by atoms with Crippen molar-refractivity contribution in [3.05, 3.63) is 64.1 Å². The van der Waals surface area contributed by atoms with Crippen molar-refractivity contribution in [3.63, 3.8) is 0 Å². The average molecular weight is 407 g/mol. The number of nitrogens with zero attached hydrogens (tertiary/aromatic N) is 1. The molecule has 1 amide bonds. The molecule has 0 heterocycles. The summed E-state index contributed by atoms with van der Waals surface area (Å²) >= 11 is 4.96. The maximum atomic E-state index is 12.0. The SMILES string of the molecule is CCN(C)Cc1cccc(CNC(=O)CSc2ccc(Br)cc2)c1. The first-order valence-electron chi connectivity index (χ1n) is 7.98. The van der Waals surface area contributed by atoms with Gasteiger partial charge in [0.15, 0.2) is 0 Å². The van der Waals surface area contributed by atoms with Gasteiger partial charge in [-0.3, -0.25) is 4.79 Å². The monoisotopic (exact) mass is 406 g/mol. The Morgan fingerprint density at radius 1 is 1.17 bits per heavy atom. The van der Waals surface area contributed by atoms with E-state index in [9.17, 15) is 4.79 Å². The predicted octanol–water partition coefficient (Wildman–Crippen LogP) is 4.31. The topological polar surface area (TPSA) is 32.3 Å². The molecule has 128 valence electrons. The smallest absolute Gasteiger partial charge is 0.230 e. The molecule has 0 aliphatic carbocycles. The Morgan fingerprint density at radius 3 is 2.58 bits per heavy atom. The third kappa shape index (κ3) is 6.67. The van der Waals surface area contributed by atoms with Crippen molar-refractivity contribution in [1.82, 2.24) is 10.2 Å². The summed E-state index contributed by atoms with van der Waals surface area (Å²) in [5, 5.41) is 2.99. The van der Waals surface area contributed by atoms with Crippen molar-refractivity contribution < 1.29 is 4.79 Å². The number of rotatable bonds is 8. The van der Waals surface area contributed by atoms with Gasteiger partial charge < -0.3 is 10.2 Å². The molecule has 0 aliphatic heterocycles. The number of carbonyl (C=O) groups is 1. The number of carbonyl (C=O) groups excluding carboxylic acids is 1. The molecule has 0 atom stereocenters. The van der Waals surface area contributed by atoms with Gasteiger partial charge in [0.25, 0.3) is 0 Å². The van der Waals surface area contributed by atoms with Crippen LogP contribution >= 0.6 is 27.7 Å². The lowest BCUT2D eigenvalue weighted by molar-refractivity contribution is -0.118. The first-order chi connectivity index (χ1) is 11.6. The minimum absolute atomic E-state index is 0.0546. The summed E-state index contributed by atoms with van der Waals surface area (Å²) in [4.78, 5) is 15.4. The van der Waals surface area contributed by atoms with Crippen LogP contribution in [0.4, 0.5) is 0 Å². The number of thioether (sulfide) groups is 1. The van der Waals surface area contributed by atoms with E-state index in [2.05, 4.69) is 64.4 Å². The summed E-state index contributed by atoms with van der Waals surface area (Å²) in [5.74, 6) is 0.485. The van der Waals surface area contributed by atoms with Crippen LogP contribution in [0.5, 0.6) is 0 Å². The molecule has 3 nitrogen and oxygen atoms in total. The Balaban J connectivity index is 1.78. The van der Waals surface area contributed by atoms with Crippen molar-refractivity contribution in [3.8, 4) is 0 Å². The van der Waals surface area contributed by atoms with Crippen LogP contribution in [-0.2, 0) is 17.9 Å². The fourth-order valence-corrected chi connectivity index (χ4v) is 3.19. The molecule has 2 aromatic carbocycles. The molecule has 0 aliphatic rings. The van der Waals surface area contributed by atoms with E-state index in [1.165, 1.54) is 5.56 Å². The molecule has 0 bridgehead atoms. The second-order valence-corrected chi connectivity index (χ2v) is 7.63. The minimum Gasteiger partial charge on any atom is -0.351 e. The zero-order valence-electron chi connectivity index (χ0n) is 14.1. The summed E-state index contributed by atoms with van der Waals surface area (Å²) in [6, 6.07) is 16.4. The van der Waals surface area contributed by atoms with Crippen LogP contribution in [-0.4, -0.2) is 30.2 Å². The van der Waals surface area contributed by atoms with E-state index in [0.717, 1.165) is 28.0 Å².